The maximum absolute atomic E-state index is 12.1. The Morgan fingerprint density at radius 3 is 2.62 bits per heavy atom. The average molecular weight is 317 g/mol. The van der Waals surface area contributed by atoms with Crippen LogP contribution in [0.3, 0.4) is 0 Å². The lowest BCUT2D eigenvalue weighted by molar-refractivity contribution is -0.142. The fraction of sp³-hybridized carbons (Fsp3) is 0.692. The fourth-order valence-corrected chi connectivity index (χ4v) is 3.26. The van der Waals surface area contributed by atoms with Gasteiger partial charge in [-0.25, -0.2) is 18.1 Å². The molecule has 0 amide bonds. The average Bonchev–Trinajstić information content (AvgIpc) is 2.87. The molecule has 21 heavy (non-hydrogen) atoms. The van der Waals surface area contributed by atoms with Crippen molar-refractivity contribution in [2.24, 2.45) is 5.41 Å². The Bertz CT molecular complexity index is 546. The molecule has 7 nitrogen and oxygen atoms in total. The summed E-state index contributed by atoms with van der Waals surface area (Å²) in [5, 5.41) is 0. The van der Waals surface area contributed by atoms with Crippen LogP contribution in [-0.2, 0) is 26.0 Å². The Morgan fingerprint density at radius 2 is 2.14 bits per heavy atom. The van der Waals surface area contributed by atoms with Gasteiger partial charge in [0.25, 0.3) is 0 Å². The van der Waals surface area contributed by atoms with Crippen LogP contribution in [0.5, 0.6) is 0 Å². The Hall–Kier alpha value is -1.41. The Kier molecular flexibility index (Phi) is 5.91. The van der Waals surface area contributed by atoms with E-state index in [0.29, 0.717) is 12.1 Å². The monoisotopic (exact) mass is 317 g/mol. The van der Waals surface area contributed by atoms with Crippen LogP contribution in [-0.4, -0.2) is 43.3 Å². The number of methoxy groups -OCH3 is 1. The second-order valence-electron chi connectivity index (χ2n) is 6.10. The van der Waals surface area contributed by atoms with Gasteiger partial charge in [-0.1, -0.05) is 20.8 Å². The van der Waals surface area contributed by atoms with Gasteiger partial charge in [0.2, 0.25) is 10.0 Å². The number of nitrogens with one attached hydrogen (secondary N) is 2. The van der Waals surface area contributed by atoms with Crippen molar-refractivity contribution in [3.8, 4) is 0 Å². The van der Waals surface area contributed by atoms with Crippen LogP contribution < -0.4 is 4.72 Å². The Balaban J connectivity index is 2.73. The van der Waals surface area contributed by atoms with E-state index in [1.165, 1.54) is 13.4 Å². The van der Waals surface area contributed by atoms with E-state index in [1.54, 1.807) is 6.20 Å². The molecule has 1 aromatic heterocycles. The molecule has 0 fully saturated rings. The molecule has 0 saturated heterocycles. The largest absolute Gasteiger partial charge is 0.468 e. The van der Waals surface area contributed by atoms with Gasteiger partial charge >= 0.3 is 5.97 Å². The smallest absolute Gasteiger partial charge is 0.324 e. The molecule has 8 heteroatoms. The molecule has 2 N–H and O–H groups in total. The van der Waals surface area contributed by atoms with E-state index in [0.717, 1.165) is 0 Å². The molecule has 1 aromatic rings. The summed E-state index contributed by atoms with van der Waals surface area (Å²) >= 11 is 0. The zero-order chi connectivity index (χ0) is 16.1. The number of rotatable bonds is 7. The minimum Gasteiger partial charge on any atom is -0.468 e. The van der Waals surface area contributed by atoms with Crippen LogP contribution in [0.4, 0.5) is 0 Å². The molecule has 1 rings (SSSR count). The van der Waals surface area contributed by atoms with E-state index in [-0.39, 0.29) is 17.6 Å². The standard InChI is InChI=1S/C13H23N3O4S/c1-13(2,3)5-6-21(18,19)16-11(12(17)20-4)7-10-8-14-9-15-10/h8-9,11,16H,5-7H2,1-4H3,(H,14,15)/t11-/m0/s1. The SMILES string of the molecule is COC(=O)[C@H](Cc1cnc[nH]1)NS(=O)(=O)CCC(C)(C)C. The van der Waals surface area contributed by atoms with Gasteiger partial charge in [0.15, 0.2) is 0 Å². The van der Waals surface area contributed by atoms with E-state index in [4.69, 9.17) is 0 Å². The molecular weight excluding hydrogens is 294 g/mol. The number of aromatic amines is 1. The van der Waals surface area contributed by atoms with Crippen LogP contribution in [0.1, 0.15) is 32.9 Å². The molecule has 0 spiro atoms. The van der Waals surface area contributed by atoms with E-state index >= 15 is 0 Å². The molecule has 0 radical (unpaired) electrons. The lowest BCUT2D eigenvalue weighted by Gasteiger charge is -2.20. The molecule has 0 aliphatic rings. The third-order valence-electron chi connectivity index (χ3n) is 2.91. The summed E-state index contributed by atoms with van der Waals surface area (Å²) in [6.45, 7) is 5.89. The molecule has 120 valence electrons. The molecule has 0 saturated carbocycles. The van der Waals surface area contributed by atoms with Crippen molar-refractivity contribution in [1.29, 1.82) is 0 Å². The lowest BCUT2D eigenvalue weighted by Crippen LogP contribution is -2.44. The van der Waals surface area contributed by atoms with Crippen LogP contribution in [0, 0.1) is 5.41 Å². The van der Waals surface area contributed by atoms with E-state index in [2.05, 4.69) is 19.4 Å². The number of imidazole rings is 1. The number of nitrogens with zero attached hydrogens (tertiary/aromatic N) is 1. The highest BCUT2D eigenvalue weighted by Crippen LogP contribution is 2.19. The molecule has 1 atom stereocenters. The van der Waals surface area contributed by atoms with Gasteiger partial charge in [-0.05, 0) is 11.8 Å². The van der Waals surface area contributed by atoms with Crippen LogP contribution in [0.2, 0.25) is 0 Å². The Morgan fingerprint density at radius 1 is 1.48 bits per heavy atom. The third-order valence-corrected chi connectivity index (χ3v) is 4.29. The zero-order valence-corrected chi connectivity index (χ0v) is 13.7. The second kappa shape index (κ2) is 7.04. The van der Waals surface area contributed by atoms with Gasteiger partial charge in [-0.15, -0.1) is 0 Å². The van der Waals surface area contributed by atoms with Crippen molar-refractivity contribution in [3.63, 3.8) is 0 Å². The predicted octanol–water partition coefficient (Wildman–Crippen LogP) is 0.849. The van der Waals surface area contributed by atoms with Crippen molar-refractivity contribution in [2.45, 2.75) is 39.7 Å². The second-order valence-corrected chi connectivity index (χ2v) is 7.98. The quantitative estimate of drug-likeness (QED) is 0.726. The third kappa shape index (κ3) is 6.72. The van der Waals surface area contributed by atoms with Gasteiger partial charge in [0.05, 0.1) is 19.2 Å². The Labute approximate surface area is 125 Å². The summed E-state index contributed by atoms with van der Waals surface area (Å²) in [5.74, 6) is -0.656. The zero-order valence-electron chi connectivity index (χ0n) is 12.8. The highest BCUT2D eigenvalue weighted by molar-refractivity contribution is 7.89. The maximum atomic E-state index is 12.1. The molecule has 0 aliphatic carbocycles. The van der Waals surface area contributed by atoms with E-state index in [9.17, 15) is 13.2 Å². The summed E-state index contributed by atoms with van der Waals surface area (Å²) in [6, 6.07) is -0.958. The number of aromatic nitrogens is 2. The summed E-state index contributed by atoms with van der Waals surface area (Å²) in [6.07, 6.45) is 3.68. The summed E-state index contributed by atoms with van der Waals surface area (Å²) in [4.78, 5) is 18.4. The molecule has 0 aromatic carbocycles. The van der Waals surface area contributed by atoms with Crippen molar-refractivity contribution in [2.75, 3.05) is 12.9 Å². The molecule has 0 aliphatic heterocycles. The number of hydrogen-bond acceptors (Lipinski definition) is 5. The van der Waals surface area contributed by atoms with Gasteiger partial charge in [0, 0.05) is 18.3 Å². The number of esters is 1. The first-order valence-corrected chi connectivity index (χ1v) is 8.33. The first-order chi connectivity index (χ1) is 9.63. The fourth-order valence-electron chi connectivity index (χ4n) is 1.65. The number of H-pyrrole nitrogens is 1. The van der Waals surface area contributed by atoms with Crippen molar-refractivity contribution in [3.05, 3.63) is 18.2 Å². The highest BCUT2D eigenvalue weighted by atomic mass is 32.2. The molecule has 1 heterocycles. The van der Waals surface area contributed by atoms with Crippen LogP contribution >= 0.6 is 0 Å². The first kappa shape index (κ1) is 17.6. The molecule has 0 unspecified atom stereocenters. The molecular formula is C13H23N3O4S. The summed E-state index contributed by atoms with van der Waals surface area (Å²) in [5.41, 5.74) is 0.558. The number of sulfonamides is 1. The molecule has 0 bridgehead atoms. The van der Waals surface area contributed by atoms with Gasteiger partial charge < -0.3 is 9.72 Å². The summed E-state index contributed by atoms with van der Waals surface area (Å²) in [7, 11) is -2.33. The van der Waals surface area contributed by atoms with Gasteiger partial charge in [-0.2, -0.15) is 0 Å². The topological polar surface area (TPSA) is 101 Å². The minimum atomic E-state index is -3.56. The summed E-state index contributed by atoms with van der Waals surface area (Å²) < 4.78 is 31.2. The number of carbonyl (C=O) groups excluding carboxylic acids is 1. The van der Waals surface area contributed by atoms with Gasteiger partial charge in [0.1, 0.15) is 6.04 Å². The predicted molar refractivity (Wildman–Crippen MR) is 79.1 cm³/mol. The first-order valence-electron chi connectivity index (χ1n) is 6.68. The van der Waals surface area contributed by atoms with Crippen LogP contribution in [0.15, 0.2) is 12.5 Å². The normalized spacial score (nSPS) is 13.9. The van der Waals surface area contributed by atoms with Crippen molar-refractivity contribution < 1.29 is 17.9 Å². The van der Waals surface area contributed by atoms with Crippen LogP contribution in [0.25, 0.3) is 0 Å². The minimum absolute atomic E-state index is 0.0348. The lowest BCUT2D eigenvalue weighted by atomic mass is 9.94. The number of ether oxygens (including phenoxy) is 1. The van der Waals surface area contributed by atoms with E-state index in [1.807, 2.05) is 20.8 Å². The van der Waals surface area contributed by atoms with Crippen molar-refractivity contribution in [1.82, 2.24) is 14.7 Å². The van der Waals surface area contributed by atoms with Crippen molar-refractivity contribution >= 4 is 16.0 Å². The van der Waals surface area contributed by atoms with Gasteiger partial charge in [-0.3, -0.25) is 4.79 Å². The maximum Gasteiger partial charge on any atom is 0.324 e. The van der Waals surface area contributed by atoms with E-state index < -0.39 is 22.0 Å². The number of carbonyl (C=O) groups is 1. The number of hydrogen-bond donors (Lipinski definition) is 2. The highest BCUT2D eigenvalue weighted by Gasteiger charge is 2.27.